The molecule has 31 heavy (non-hydrogen) atoms. The Morgan fingerprint density at radius 3 is 2.39 bits per heavy atom. The minimum absolute atomic E-state index is 0.692. The Kier molecular flexibility index (Phi) is 5.34. The molecule has 1 fully saturated rings. The van der Waals surface area contributed by atoms with Crippen molar-refractivity contribution in [2.45, 2.75) is 6.42 Å². The monoisotopic (exact) mass is 418 g/mol. The van der Waals surface area contributed by atoms with E-state index in [2.05, 4.69) is 28.0 Å². The van der Waals surface area contributed by atoms with E-state index in [9.17, 15) is 0 Å². The van der Waals surface area contributed by atoms with Crippen LogP contribution in [0.2, 0.25) is 0 Å². The van der Waals surface area contributed by atoms with Crippen molar-refractivity contribution in [1.82, 2.24) is 9.97 Å². The number of hydrogen-bond donors (Lipinski definition) is 0. The molecule has 2 aliphatic heterocycles. The quantitative estimate of drug-likeness (QED) is 0.626. The predicted octanol–water partition coefficient (Wildman–Crippen LogP) is 3.69. The van der Waals surface area contributed by atoms with E-state index in [1.807, 2.05) is 30.3 Å². The Bertz CT molecular complexity index is 1060. The maximum atomic E-state index is 5.54. The predicted molar refractivity (Wildman–Crippen MR) is 121 cm³/mol. The molecule has 0 unspecified atom stereocenters. The molecule has 3 heterocycles. The lowest BCUT2D eigenvalue weighted by atomic mass is 10.1. The lowest BCUT2D eigenvalue weighted by Crippen LogP contribution is -2.37. The maximum Gasteiger partial charge on any atom is 0.228 e. The summed E-state index contributed by atoms with van der Waals surface area (Å²) in [6.45, 7) is 3.83. The molecule has 0 aliphatic carbocycles. The number of nitrogens with zero attached hydrogens (tertiary/aromatic N) is 4. The SMILES string of the molecule is COc1ccc(N2CCc3c(-c4cccc(OC)c4)nc(N4CCOCC4)nc32)cc1. The van der Waals surface area contributed by atoms with Crippen LogP contribution in [0.25, 0.3) is 11.3 Å². The minimum atomic E-state index is 0.692. The number of rotatable bonds is 5. The molecule has 160 valence electrons. The first-order valence-electron chi connectivity index (χ1n) is 10.6. The first-order chi connectivity index (χ1) is 15.3. The van der Waals surface area contributed by atoms with Gasteiger partial charge in [-0.3, -0.25) is 0 Å². The van der Waals surface area contributed by atoms with Gasteiger partial charge in [0.15, 0.2) is 0 Å². The number of methoxy groups -OCH3 is 2. The smallest absolute Gasteiger partial charge is 0.228 e. The van der Waals surface area contributed by atoms with Crippen LogP contribution in [-0.2, 0) is 11.2 Å². The van der Waals surface area contributed by atoms with E-state index in [0.717, 1.165) is 66.3 Å². The zero-order chi connectivity index (χ0) is 21.2. The van der Waals surface area contributed by atoms with Crippen LogP contribution in [-0.4, -0.2) is 57.0 Å². The third-order valence-corrected chi connectivity index (χ3v) is 5.84. The molecule has 0 saturated carbocycles. The van der Waals surface area contributed by atoms with E-state index in [0.29, 0.717) is 13.2 Å². The van der Waals surface area contributed by atoms with E-state index in [1.165, 1.54) is 5.56 Å². The van der Waals surface area contributed by atoms with Gasteiger partial charge in [-0.25, -0.2) is 4.98 Å². The van der Waals surface area contributed by atoms with Gasteiger partial charge in [0, 0.05) is 36.4 Å². The van der Waals surface area contributed by atoms with Crippen molar-refractivity contribution in [2.75, 3.05) is 56.9 Å². The second kappa shape index (κ2) is 8.43. The van der Waals surface area contributed by atoms with Gasteiger partial charge < -0.3 is 24.0 Å². The van der Waals surface area contributed by atoms with E-state index in [-0.39, 0.29) is 0 Å². The second-order valence-corrected chi connectivity index (χ2v) is 7.61. The van der Waals surface area contributed by atoms with E-state index in [1.54, 1.807) is 14.2 Å². The third kappa shape index (κ3) is 3.77. The summed E-state index contributed by atoms with van der Waals surface area (Å²) in [5.74, 6) is 3.39. The Balaban J connectivity index is 1.62. The summed E-state index contributed by atoms with van der Waals surface area (Å²) >= 11 is 0. The number of ether oxygens (including phenoxy) is 3. The first kappa shape index (κ1) is 19.6. The summed E-state index contributed by atoms with van der Waals surface area (Å²) in [5, 5.41) is 0. The molecule has 2 aliphatic rings. The third-order valence-electron chi connectivity index (χ3n) is 5.84. The Hall–Kier alpha value is -3.32. The fourth-order valence-electron chi connectivity index (χ4n) is 4.17. The molecule has 1 saturated heterocycles. The highest BCUT2D eigenvalue weighted by Gasteiger charge is 2.29. The molecule has 7 nitrogen and oxygen atoms in total. The van der Waals surface area contributed by atoms with Gasteiger partial charge in [-0.15, -0.1) is 0 Å². The number of fused-ring (bicyclic) bond motifs is 1. The van der Waals surface area contributed by atoms with Gasteiger partial charge in [-0.2, -0.15) is 4.98 Å². The molecule has 3 aromatic rings. The highest BCUT2D eigenvalue weighted by atomic mass is 16.5. The van der Waals surface area contributed by atoms with Gasteiger partial charge in [0.25, 0.3) is 0 Å². The summed E-state index contributed by atoms with van der Waals surface area (Å²) in [6, 6.07) is 16.2. The highest BCUT2D eigenvalue weighted by Crippen LogP contribution is 2.40. The molecule has 5 rings (SSSR count). The second-order valence-electron chi connectivity index (χ2n) is 7.61. The zero-order valence-corrected chi connectivity index (χ0v) is 17.9. The molecular weight excluding hydrogens is 392 g/mol. The molecule has 0 spiro atoms. The van der Waals surface area contributed by atoms with E-state index >= 15 is 0 Å². The standard InChI is InChI=1S/C24H26N4O3/c1-29-19-8-6-18(7-9-19)28-11-10-21-22(17-4-3-5-20(16-17)30-2)25-24(26-23(21)28)27-12-14-31-15-13-27/h3-9,16H,10-15H2,1-2H3. The average molecular weight is 418 g/mol. The van der Waals surface area contributed by atoms with Crippen molar-refractivity contribution in [3.05, 3.63) is 54.1 Å². The van der Waals surface area contributed by atoms with Crippen molar-refractivity contribution >= 4 is 17.5 Å². The number of aromatic nitrogens is 2. The topological polar surface area (TPSA) is 60.0 Å². The van der Waals surface area contributed by atoms with Crippen LogP contribution in [0.1, 0.15) is 5.56 Å². The van der Waals surface area contributed by atoms with Crippen LogP contribution in [0.3, 0.4) is 0 Å². The van der Waals surface area contributed by atoms with Crippen LogP contribution >= 0.6 is 0 Å². The summed E-state index contributed by atoms with van der Waals surface area (Å²) in [4.78, 5) is 14.5. The fourth-order valence-corrected chi connectivity index (χ4v) is 4.17. The largest absolute Gasteiger partial charge is 0.497 e. The van der Waals surface area contributed by atoms with Crippen LogP contribution in [0.4, 0.5) is 17.5 Å². The van der Waals surface area contributed by atoms with Crippen molar-refractivity contribution in [1.29, 1.82) is 0 Å². The number of morpholine rings is 1. The van der Waals surface area contributed by atoms with E-state index < -0.39 is 0 Å². The summed E-state index contributed by atoms with van der Waals surface area (Å²) in [7, 11) is 3.37. The minimum Gasteiger partial charge on any atom is -0.497 e. The Morgan fingerprint density at radius 2 is 1.65 bits per heavy atom. The first-order valence-corrected chi connectivity index (χ1v) is 10.6. The van der Waals surface area contributed by atoms with Crippen molar-refractivity contribution in [3.8, 4) is 22.8 Å². The summed E-state index contributed by atoms with van der Waals surface area (Å²) in [6.07, 6.45) is 0.886. The van der Waals surface area contributed by atoms with Gasteiger partial charge in [0.1, 0.15) is 17.3 Å². The van der Waals surface area contributed by atoms with Gasteiger partial charge in [-0.1, -0.05) is 12.1 Å². The average Bonchev–Trinajstić information content (AvgIpc) is 3.28. The van der Waals surface area contributed by atoms with Gasteiger partial charge in [0.05, 0.1) is 33.1 Å². The van der Waals surface area contributed by atoms with Gasteiger partial charge in [-0.05, 0) is 42.8 Å². The molecule has 1 aromatic heterocycles. The number of hydrogen-bond acceptors (Lipinski definition) is 7. The highest BCUT2D eigenvalue weighted by molar-refractivity contribution is 5.77. The van der Waals surface area contributed by atoms with Crippen LogP contribution in [0.5, 0.6) is 11.5 Å². The number of anilines is 3. The molecule has 2 aromatic carbocycles. The Morgan fingerprint density at radius 1 is 0.871 bits per heavy atom. The van der Waals surface area contributed by atoms with Crippen LogP contribution < -0.4 is 19.3 Å². The van der Waals surface area contributed by atoms with Crippen molar-refractivity contribution in [3.63, 3.8) is 0 Å². The molecule has 0 radical (unpaired) electrons. The van der Waals surface area contributed by atoms with Crippen LogP contribution in [0.15, 0.2) is 48.5 Å². The zero-order valence-electron chi connectivity index (χ0n) is 17.9. The fraction of sp³-hybridized carbons (Fsp3) is 0.333. The van der Waals surface area contributed by atoms with Crippen LogP contribution in [0, 0.1) is 0 Å². The maximum absolute atomic E-state index is 5.54. The normalized spacial score (nSPS) is 15.7. The van der Waals surface area contributed by atoms with Crippen molar-refractivity contribution in [2.24, 2.45) is 0 Å². The summed E-state index contributed by atoms with van der Waals surface area (Å²) in [5.41, 5.74) is 4.29. The molecule has 0 N–H and O–H groups in total. The summed E-state index contributed by atoms with van der Waals surface area (Å²) < 4.78 is 16.3. The molecular formula is C24H26N4O3. The Labute approximate surface area is 182 Å². The van der Waals surface area contributed by atoms with E-state index in [4.69, 9.17) is 24.2 Å². The lowest BCUT2D eigenvalue weighted by Gasteiger charge is -2.28. The number of benzene rings is 2. The molecule has 7 heteroatoms. The van der Waals surface area contributed by atoms with Gasteiger partial charge in [0.2, 0.25) is 5.95 Å². The van der Waals surface area contributed by atoms with Gasteiger partial charge >= 0.3 is 0 Å². The molecule has 0 bridgehead atoms. The van der Waals surface area contributed by atoms with Crippen molar-refractivity contribution < 1.29 is 14.2 Å². The lowest BCUT2D eigenvalue weighted by molar-refractivity contribution is 0.122. The molecule has 0 atom stereocenters. The molecule has 0 amide bonds.